The highest BCUT2D eigenvalue weighted by Crippen LogP contribution is 2.01. The second-order valence-electron chi connectivity index (χ2n) is 2.34. The van der Waals surface area contributed by atoms with E-state index in [1.165, 1.54) is 6.08 Å². The predicted molar refractivity (Wildman–Crippen MR) is 36.1 cm³/mol. The van der Waals surface area contributed by atoms with E-state index in [0.717, 1.165) is 0 Å². The van der Waals surface area contributed by atoms with Crippen LogP contribution in [-0.4, -0.2) is 11.7 Å². The molecule has 0 saturated carbocycles. The average Bonchev–Trinajstić information content (AvgIpc) is 1.93. The molecular weight excluding hydrogens is 130 g/mol. The summed E-state index contributed by atoms with van der Waals surface area (Å²) in [4.78, 5) is 21.5. The van der Waals surface area contributed by atoms with Gasteiger partial charge in [-0.3, -0.25) is 9.59 Å². The molecule has 1 aliphatic rings. The third-order valence-corrected chi connectivity index (χ3v) is 1.31. The van der Waals surface area contributed by atoms with Crippen molar-refractivity contribution >= 4 is 11.7 Å². The maximum absolute atomic E-state index is 10.8. The van der Waals surface area contributed by atoms with Crippen LogP contribution < -0.4 is 5.32 Å². The number of carbonyl (C=O) groups is 2. The Morgan fingerprint density at radius 2 is 2.10 bits per heavy atom. The van der Waals surface area contributed by atoms with E-state index in [9.17, 15) is 9.59 Å². The Balaban J connectivity index is 2.73. The van der Waals surface area contributed by atoms with E-state index in [2.05, 4.69) is 5.32 Å². The quantitative estimate of drug-likeness (QED) is 0.527. The Hall–Kier alpha value is -1.12. The number of hydrogen-bond acceptors (Lipinski definition) is 2. The van der Waals surface area contributed by atoms with Gasteiger partial charge in [0, 0.05) is 24.6 Å². The molecule has 0 saturated heterocycles. The molecule has 1 aliphatic heterocycles. The van der Waals surface area contributed by atoms with Crippen molar-refractivity contribution in [3.8, 4) is 0 Å². The van der Waals surface area contributed by atoms with Crippen molar-refractivity contribution in [2.24, 2.45) is 0 Å². The molecule has 0 unspecified atom stereocenters. The fourth-order valence-corrected chi connectivity index (χ4v) is 0.869. The maximum atomic E-state index is 10.8. The number of hydrogen-bond donors (Lipinski definition) is 1. The molecule has 0 spiro atoms. The second kappa shape index (κ2) is 2.64. The number of allylic oxidation sites excluding steroid dienone is 2. The van der Waals surface area contributed by atoms with Gasteiger partial charge in [0.1, 0.15) is 0 Å². The summed E-state index contributed by atoms with van der Waals surface area (Å²) in [6.45, 7) is 1.71. The molecule has 0 aromatic rings. The van der Waals surface area contributed by atoms with Gasteiger partial charge in [-0.2, -0.15) is 0 Å². The van der Waals surface area contributed by atoms with Gasteiger partial charge >= 0.3 is 0 Å². The largest absolute Gasteiger partial charge is 0.330 e. The number of ketones is 1. The van der Waals surface area contributed by atoms with Crippen LogP contribution in [0.25, 0.3) is 0 Å². The zero-order valence-electron chi connectivity index (χ0n) is 5.81. The minimum atomic E-state index is -0.0698. The summed E-state index contributed by atoms with van der Waals surface area (Å²) in [5.74, 6) is -0.0459. The van der Waals surface area contributed by atoms with Crippen molar-refractivity contribution in [3.63, 3.8) is 0 Å². The molecule has 10 heavy (non-hydrogen) atoms. The molecule has 0 radical (unpaired) electrons. The van der Waals surface area contributed by atoms with Crippen molar-refractivity contribution in [2.75, 3.05) is 0 Å². The predicted octanol–water partition coefficient (Wildman–Crippen LogP) is 0.369. The van der Waals surface area contributed by atoms with Crippen molar-refractivity contribution in [1.82, 2.24) is 5.32 Å². The van der Waals surface area contributed by atoms with Crippen LogP contribution in [0.3, 0.4) is 0 Å². The molecule has 54 valence electrons. The number of amides is 1. The molecule has 0 atom stereocenters. The Labute approximate surface area is 59.1 Å². The van der Waals surface area contributed by atoms with E-state index in [1.807, 2.05) is 0 Å². The van der Waals surface area contributed by atoms with Crippen molar-refractivity contribution < 1.29 is 9.59 Å². The lowest BCUT2D eigenvalue weighted by Gasteiger charge is -1.97. The lowest BCUT2D eigenvalue weighted by Crippen LogP contribution is -2.18. The van der Waals surface area contributed by atoms with Gasteiger partial charge in [-0.1, -0.05) is 0 Å². The van der Waals surface area contributed by atoms with Crippen LogP contribution in [0.2, 0.25) is 0 Å². The summed E-state index contributed by atoms with van der Waals surface area (Å²) in [7, 11) is 0. The Bertz CT molecular complexity index is 206. The summed E-state index contributed by atoms with van der Waals surface area (Å²) in [5, 5.41) is 2.57. The van der Waals surface area contributed by atoms with Crippen LogP contribution >= 0.6 is 0 Å². The van der Waals surface area contributed by atoms with Crippen LogP contribution in [0.5, 0.6) is 0 Å². The van der Waals surface area contributed by atoms with Crippen LogP contribution in [0.15, 0.2) is 11.8 Å². The van der Waals surface area contributed by atoms with Crippen LogP contribution in [0, 0.1) is 0 Å². The van der Waals surface area contributed by atoms with E-state index >= 15 is 0 Å². The van der Waals surface area contributed by atoms with Crippen molar-refractivity contribution in [2.45, 2.75) is 19.8 Å². The molecule has 1 N–H and O–H groups in total. The minimum Gasteiger partial charge on any atom is -0.330 e. The van der Waals surface area contributed by atoms with Gasteiger partial charge in [0.2, 0.25) is 5.91 Å². The second-order valence-corrected chi connectivity index (χ2v) is 2.34. The summed E-state index contributed by atoms with van der Waals surface area (Å²) in [6, 6.07) is 0. The summed E-state index contributed by atoms with van der Waals surface area (Å²) in [6.07, 6.45) is 2.11. The Morgan fingerprint density at radius 3 is 2.80 bits per heavy atom. The normalized spacial score (nSPS) is 19.5. The zero-order chi connectivity index (χ0) is 7.56. The highest BCUT2D eigenvalue weighted by Gasteiger charge is 2.09. The standard InChI is InChI=1S/C7H9NO2/c1-5-4-6(9)2-3-7(10)8-5/h4H,2-3H2,1H3,(H,8,10). The smallest absolute Gasteiger partial charge is 0.224 e. The first kappa shape index (κ1) is 6.99. The highest BCUT2D eigenvalue weighted by atomic mass is 16.2. The number of rotatable bonds is 0. The van der Waals surface area contributed by atoms with E-state index in [1.54, 1.807) is 6.92 Å². The monoisotopic (exact) mass is 139 g/mol. The van der Waals surface area contributed by atoms with E-state index < -0.39 is 0 Å². The molecular formula is C7H9NO2. The molecule has 1 rings (SSSR count). The molecule has 3 nitrogen and oxygen atoms in total. The van der Waals surface area contributed by atoms with Gasteiger partial charge in [0.15, 0.2) is 5.78 Å². The Kier molecular flexibility index (Phi) is 1.85. The van der Waals surface area contributed by atoms with Gasteiger partial charge in [0.05, 0.1) is 0 Å². The van der Waals surface area contributed by atoms with E-state index in [0.29, 0.717) is 18.5 Å². The molecule has 1 amide bonds. The third kappa shape index (κ3) is 1.69. The fourth-order valence-electron chi connectivity index (χ4n) is 0.869. The molecule has 1 heterocycles. The van der Waals surface area contributed by atoms with Crippen LogP contribution in [0.4, 0.5) is 0 Å². The molecule has 0 aromatic heterocycles. The van der Waals surface area contributed by atoms with Gasteiger partial charge in [-0.25, -0.2) is 0 Å². The SMILES string of the molecule is CC1=CC(=O)CCC(=O)N1. The fraction of sp³-hybridized carbons (Fsp3) is 0.429. The van der Waals surface area contributed by atoms with Gasteiger partial charge in [0.25, 0.3) is 0 Å². The van der Waals surface area contributed by atoms with E-state index in [-0.39, 0.29) is 11.7 Å². The number of nitrogens with one attached hydrogen (secondary N) is 1. The average molecular weight is 139 g/mol. The van der Waals surface area contributed by atoms with E-state index in [4.69, 9.17) is 0 Å². The highest BCUT2D eigenvalue weighted by molar-refractivity contribution is 5.95. The maximum Gasteiger partial charge on any atom is 0.224 e. The Morgan fingerprint density at radius 1 is 1.40 bits per heavy atom. The molecule has 0 fully saturated rings. The van der Waals surface area contributed by atoms with Gasteiger partial charge in [-0.05, 0) is 6.92 Å². The first-order chi connectivity index (χ1) is 4.68. The third-order valence-electron chi connectivity index (χ3n) is 1.31. The van der Waals surface area contributed by atoms with Crippen molar-refractivity contribution in [3.05, 3.63) is 11.8 Å². The first-order valence-electron chi connectivity index (χ1n) is 3.19. The van der Waals surface area contributed by atoms with Gasteiger partial charge in [-0.15, -0.1) is 0 Å². The summed E-state index contributed by atoms with van der Waals surface area (Å²) < 4.78 is 0. The lowest BCUT2D eigenvalue weighted by atomic mass is 10.2. The van der Waals surface area contributed by atoms with Crippen LogP contribution in [-0.2, 0) is 9.59 Å². The van der Waals surface area contributed by atoms with Crippen LogP contribution in [0.1, 0.15) is 19.8 Å². The molecule has 3 heteroatoms. The molecule has 0 bridgehead atoms. The zero-order valence-corrected chi connectivity index (χ0v) is 5.81. The first-order valence-corrected chi connectivity index (χ1v) is 3.19. The topological polar surface area (TPSA) is 46.2 Å². The summed E-state index contributed by atoms with van der Waals surface area (Å²) in [5.41, 5.74) is 0.646. The lowest BCUT2D eigenvalue weighted by molar-refractivity contribution is -0.122. The molecule has 0 aromatic carbocycles. The van der Waals surface area contributed by atoms with Gasteiger partial charge < -0.3 is 5.32 Å². The van der Waals surface area contributed by atoms with Crippen molar-refractivity contribution in [1.29, 1.82) is 0 Å². The molecule has 0 aliphatic carbocycles. The summed E-state index contributed by atoms with van der Waals surface area (Å²) >= 11 is 0. The minimum absolute atomic E-state index is 0.0239. The number of carbonyl (C=O) groups excluding carboxylic acids is 2.